The number of hydrogen-bond donors (Lipinski definition) is 0. The fourth-order valence-electron chi connectivity index (χ4n) is 0. The number of rotatable bonds is 0. The first-order chi connectivity index (χ1) is 0. The second-order valence-electron chi connectivity index (χ2n) is 0. The van der Waals surface area contributed by atoms with Crippen molar-refractivity contribution >= 4 is 0 Å². The monoisotopic (exact) mass is 322 g/mol. The second-order valence-corrected chi connectivity index (χ2v) is 0. The molecule has 4 heteroatoms. The Labute approximate surface area is 101 Å². The topological polar surface area (TPSA) is 0 Å². The summed E-state index contributed by atoms with van der Waals surface area (Å²) < 4.78 is 0. The molecule has 0 saturated carbocycles. The van der Waals surface area contributed by atoms with Gasteiger partial charge in [-0.05, 0) is 0 Å². The van der Waals surface area contributed by atoms with E-state index in [-0.39, 0.29) is 103 Å². The fourth-order valence-corrected chi connectivity index (χ4v) is 0. The minimum Gasteiger partial charge on any atom is -1.00 e. The number of hydrogen-bond acceptors (Lipinski definition) is 0. The Hall–Kier alpha value is 3.33. The van der Waals surface area contributed by atoms with E-state index >= 15 is 0 Å². The first-order valence-electron chi connectivity index (χ1n) is 0. The smallest absolute Gasteiger partial charge is 1.00 e. The molecule has 0 aromatic rings. The maximum Gasteiger partial charge on any atom is 3.00 e. The molecule has 0 aliphatic carbocycles. The Morgan fingerprint density at radius 1 is 0.750 bits per heavy atom. The van der Waals surface area contributed by atoms with Gasteiger partial charge < -0.3 is 48.0 Å². The summed E-state index contributed by atoms with van der Waals surface area (Å²) in [6.07, 6.45) is 0. The Kier molecular flexibility index (Phi) is 107. The average molecular weight is 322 g/mol. The average Bonchev–Trinajstić information content (AvgIpc) is 0. The van der Waals surface area contributed by atoms with Gasteiger partial charge in [-0.25, -0.2) is 0 Å². The van der Waals surface area contributed by atoms with Crippen LogP contribution < -0.4 is 77.5 Å². The van der Waals surface area contributed by atoms with Gasteiger partial charge in [0, 0.05) is 0 Å². The summed E-state index contributed by atoms with van der Waals surface area (Å²) >= 11 is 0. The third-order valence-electron chi connectivity index (χ3n) is 0. The molecular formula is I2NaSc+2. The van der Waals surface area contributed by atoms with Crippen LogP contribution in [0.2, 0.25) is 0 Å². The van der Waals surface area contributed by atoms with E-state index < -0.39 is 0 Å². The van der Waals surface area contributed by atoms with Gasteiger partial charge in [-0.1, -0.05) is 0 Å². The van der Waals surface area contributed by atoms with Crippen LogP contribution in [0.25, 0.3) is 0 Å². The van der Waals surface area contributed by atoms with Gasteiger partial charge in [-0.2, -0.15) is 0 Å². The summed E-state index contributed by atoms with van der Waals surface area (Å²) in [7, 11) is 0. The second kappa shape index (κ2) is 16.2. The minimum atomic E-state index is 0. The molecule has 0 saturated heterocycles. The zero-order chi connectivity index (χ0) is 0. The van der Waals surface area contributed by atoms with Crippen molar-refractivity contribution in [3.8, 4) is 0 Å². The van der Waals surface area contributed by atoms with E-state index in [0.717, 1.165) is 0 Å². The normalized spacial score (nSPS) is 0. The van der Waals surface area contributed by atoms with Crippen molar-refractivity contribution in [3.63, 3.8) is 0 Å². The van der Waals surface area contributed by atoms with Crippen LogP contribution in [-0.2, 0) is 25.8 Å². The molecule has 0 atom stereocenters. The van der Waals surface area contributed by atoms with Crippen LogP contribution in [0.15, 0.2) is 0 Å². The van der Waals surface area contributed by atoms with Crippen molar-refractivity contribution < 1.29 is 103 Å². The van der Waals surface area contributed by atoms with Crippen molar-refractivity contribution in [2.75, 3.05) is 0 Å². The van der Waals surface area contributed by atoms with Gasteiger partial charge in [0.15, 0.2) is 0 Å². The van der Waals surface area contributed by atoms with Crippen LogP contribution >= 0.6 is 0 Å². The van der Waals surface area contributed by atoms with E-state index in [0.29, 0.717) is 0 Å². The maximum atomic E-state index is 0. The molecule has 0 aromatic heterocycles. The van der Waals surface area contributed by atoms with Gasteiger partial charge in [-0.15, -0.1) is 0 Å². The van der Waals surface area contributed by atoms with Crippen LogP contribution in [-0.4, -0.2) is 0 Å². The summed E-state index contributed by atoms with van der Waals surface area (Å²) in [6.45, 7) is 0. The van der Waals surface area contributed by atoms with Crippen LogP contribution in [0.5, 0.6) is 0 Å². The van der Waals surface area contributed by atoms with Crippen molar-refractivity contribution in [1.82, 2.24) is 0 Å². The molecule has 0 radical (unpaired) electrons. The fraction of sp³-hybridized carbons (Fsp3) is 0. The van der Waals surface area contributed by atoms with Crippen molar-refractivity contribution in [2.24, 2.45) is 0 Å². The van der Waals surface area contributed by atoms with E-state index in [1.54, 1.807) is 0 Å². The predicted molar refractivity (Wildman–Crippen MR) is 0 cm³/mol. The molecule has 0 aliphatic heterocycles. The van der Waals surface area contributed by atoms with Gasteiger partial charge in [0.2, 0.25) is 0 Å². The summed E-state index contributed by atoms with van der Waals surface area (Å²) in [5, 5.41) is 0. The van der Waals surface area contributed by atoms with Crippen molar-refractivity contribution in [1.29, 1.82) is 0 Å². The van der Waals surface area contributed by atoms with E-state index in [9.17, 15) is 0 Å². The molecule has 0 aliphatic rings. The predicted octanol–water partition coefficient (Wildman–Crippen LogP) is -8.99. The Morgan fingerprint density at radius 3 is 0.750 bits per heavy atom. The van der Waals surface area contributed by atoms with E-state index in [2.05, 4.69) is 0 Å². The van der Waals surface area contributed by atoms with E-state index in [4.69, 9.17) is 0 Å². The molecule has 0 fully saturated rings. The third kappa shape index (κ3) is 9.01. The van der Waals surface area contributed by atoms with Gasteiger partial charge in [0.05, 0.1) is 0 Å². The molecular weight excluding hydrogens is 322 g/mol. The molecule has 0 heterocycles. The summed E-state index contributed by atoms with van der Waals surface area (Å²) in [5.74, 6) is 0. The molecule has 0 nitrogen and oxygen atoms in total. The molecule has 0 N–H and O–H groups in total. The van der Waals surface area contributed by atoms with Crippen LogP contribution in [0.1, 0.15) is 0 Å². The molecule has 0 aromatic carbocycles. The number of halogens is 2. The SMILES string of the molecule is [I-].[I-].[Na+].[Sc+3]. The molecule has 0 amide bonds. The van der Waals surface area contributed by atoms with Gasteiger partial charge in [-0.3, -0.25) is 0 Å². The van der Waals surface area contributed by atoms with Crippen molar-refractivity contribution in [3.05, 3.63) is 0 Å². The Bertz CT molecular complexity index is 6.00. The van der Waals surface area contributed by atoms with E-state index in [1.165, 1.54) is 0 Å². The molecule has 0 unspecified atom stereocenters. The standard InChI is InChI=1S/2HI.Na.Sc/h2*1H;;/q;;+1;+3/p-2. The zero-order valence-corrected chi connectivity index (χ0v) is 10.5. The summed E-state index contributed by atoms with van der Waals surface area (Å²) in [4.78, 5) is 0. The third-order valence-corrected chi connectivity index (χ3v) is 0. The largest absolute Gasteiger partial charge is 3.00 e. The molecule has 4 heavy (non-hydrogen) atoms. The van der Waals surface area contributed by atoms with E-state index in [1.807, 2.05) is 0 Å². The minimum absolute atomic E-state index is 0. The van der Waals surface area contributed by atoms with Crippen LogP contribution in [0, 0.1) is 0 Å². The Morgan fingerprint density at radius 2 is 0.750 bits per heavy atom. The van der Waals surface area contributed by atoms with Gasteiger partial charge in [0.25, 0.3) is 0 Å². The quantitative estimate of drug-likeness (QED) is 0.307. The Balaban J connectivity index is 0. The molecule has 0 spiro atoms. The van der Waals surface area contributed by atoms with Gasteiger partial charge in [0.1, 0.15) is 0 Å². The van der Waals surface area contributed by atoms with Crippen LogP contribution in [0.3, 0.4) is 0 Å². The first-order valence-corrected chi connectivity index (χ1v) is 0. The maximum absolute atomic E-state index is 0. The summed E-state index contributed by atoms with van der Waals surface area (Å²) in [5.41, 5.74) is 0. The van der Waals surface area contributed by atoms with Crippen LogP contribution in [0.4, 0.5) is 0 Å². The zero-order valence-electron chi connectivity index (χ0n) is 2.33. The molecule has 0 rings (SSSR count). The molecule has 16 valence electrons. The van der Waals surface area contributed by atoms with Gasteiger partial charge >= 0.3 is 55.4 Å². The summed E-state index contributed by atoms with van der Waals surface area (Å²) in [6, 6.07) is 0. The van der Waals surface area contributed by atoms with Crippen molar-refractivity contribution in [2.45, 2.75) is 0 Å². The first kappa shape index (κ1) is 26.5. The molecule has 0 bridgehead atoms.